The molecule has 2 rings (SSSR count). The van der Waals surface area contributed by atoms with Gasteiger partial charge in [0.1, 0.15) is 0 Å². The topological polar surface area (TPSA) is 56.8 Å². The van der Waals surface area contributed by atoms with Crippen molar-refractivity contribution < 1.29 is 19.0 Å². The molecule has 0 saturated carbocycles. The van der Waals surface area contributed by atoms with Crippen LogP contribution < -0.4 is 5.32 Å². The van der Waals surface area contributed by atoms with Crippen LogP contribution in [0, 0.1) is 0 Å². The van der Waals surface area contributed by atoms with Gasteiger partial charge in [-0.05, 0) is 37.0 Å². The Kier molecular flexibility index (Phi) is 8.46. The zero-order valence-electron chi connectivity index (χ0n) is 14.5. The van der Waals surface area contributed by atoms with Gasteiger partial charge in [-0.25, -0.2) is 0 Å². The minimum Gasteiger partial charge on any atom is -0.382 e. The van der Waals surface area contributed by atoms with E-state index < -0.39 is 5.41 Å². The molecular weight excluding hydrogens is 365 g/mol. The second kappa shape index (κ2) is 10.3. The molecule has 0 radical (unpaired) electrons. The third-order valence-electron chi connectivity index (χ3n) is 4.41. The molecule has 0 unspecified atom stereocenters. The number of hydrogen-bond donors (Lipinski definition) is 1. The van der Waals surface area contributed by atoms with Gasteiger partial charge >= 0.3 is 0 Å². The molecule has 25 heavy (non-hydrogen) atoms. The van der Waals surface area contributed by atoms with Crippen LogP contribution in [0.5, 0.6) is 0 Å². The molecule has 1 aliphatic rings. The van der Waals surface area contributed by atoms with Crippen LogP contribution in [0.1, 0.15) is 24.8 Å². The van der Waals surface area contributed by atoms with Gasteiger partial charge in [0.15, 0.2) is 0 Å². The molecule has 140 valence electrons. The Morgan fingerprint density at radius 3 is 2.68 bits per heavy atom. The maximum Gasteiger partial charge on any atom is 0.230 e. The molecular formula is C18H25Cl2NO4. The maximum atomic E-state index is 13.0. The summed E-state index contributed by atoms with van der Waals surface area (Å²) in [7, 11) is 1.64. The predicted octanol–water partition coefficient (Wildman–Crippen LogP) is 3.21. The van der Waals surface area contributed by atoms with Crippen molar-refractivity contribution in [1.82, 2.24) is 5.32 Å². The van der Waals surface area contributed by atoms with Gasteiger partial charge in [0, 0.05) is 43.5 Å². The third-order valence-corrected chi connectivity index (χ3v) is 4.96. The van der Waals surface area contributed by atoms with Crippen molar-refractivity contribution in [1.29, 1.82) is 0 Å². The Morgan fingerprint density at radius 1 is 1.24 bits per heavy atom. The fourth-order valence-corrected chi connectivity index (χ4v) is 3.60. The standard InChI is InChI=1S/C18H25Cl2NO4/c1-23-11-12-24-8-2-7-21-17(22)18(5-9-25-10-6-18)15-4-3-14(19)13-16(15)20/h3-4,13H,2,5-12H2,1H3,(H,21,22). The fourth-order valence-electron chi connectivity index (χ4n) is 3.01. The van der Waals surface area contributed by atoms with Crippen molar-refractivity contribution in [3.8, 4) is 0 Å². The first-order chi connectivity index (χ1) is 12.1. The van der Waals surface area contributed by atoms with Gasteiger partial charge in [0.25, 0.3) is 0 Å². The van der Waals surface area contributed by atoms with Crippen molar-refractivity contribution in [2.24, 2.45) is 0 Å². The number of carbonyl (C=O) groups is 1. The summed E-state index contributed by atoms with van der Waals surface area (Å²) in [6.07, 6.45) is 1.95. The highest BCUT2D eigenvalue weighted by atomic mass is 35.5. The Balaban J connectivity index is 1.98. The Morgan fingerprint density at radius 2 is 2.00 bits per heavy atom. The molecule has 0 spiro atoms. The van der Waals surface area contributed by atoms with Crippen LogP contribution in [0.3, 0.4) is 0 Å². The molecule has 0 aliphatic carbocycles. The Labute approximate surface area is 158 Å². The zero-order valence-corrected chi connectivity index (χ0v) is 16.0. The number of carbonyl (C=O) groups excluding carboxylic acids is 1. The molecule has 5 nitrogen and oxygen atoms in total. The SMILES string of the molecule is COCCOCCCNC(=O)C1(c2ccc(Cl)cc2Cl)CCOCC1. The van der Waals surface area contributed by atoms with Gasteiger partial charge < -0.3 is 19.5 Å². The minimum atomic E-state index is -0.670. The second-order valence-electron chi connectivity index (χ2n) is 6.03. The van der Waals surface area contributed by atoms with E-state index in [-0.39, 0.29) is 5.91 Å². The molecule has 1 amide bonds. The largest absolute Gasteiger partial charge is 0.382 e. The van der Waals surface area contributed by atoms with E-state index in [1.54, 1.807) is 19.2 Å². The predicted molar refractivity (Wildman–Crippen MR) is 98.5 cm³/mol. The highest BCUT2D eigenvalue weighted by Gasteiger charge is 2.42. The van der Waals surface area contributed by atoms with Gasteiger partial charge in [0.05, 0.1) is 18.6 Å². The summed E-state index contributed by atoms with van der Waals surface area (Å²) in [6.45, 7) is 3.34. The molecule has 7 heteroatoms. The summed E-state index contributed by atoms with van der Waals surface area (Å²) >= 11 is 12.4. The van der Waals surface area contributed by atoms with E-state index in [1.807, 2.05) is 6.07 Å². The van der Waals surface area contributed by atoms with Crippen molar-refractivity contribution in [2.45, 2.75) is 24.7 Å². The van der Waals surface area contributed by atoms with Gasteiger partial charge in [-0.15, -0.1) is 0 Å². The normalized spacial score (nSPS) is 16.6. The number of halogens is 2. The summed E-state index contributed by atoms with van der Waals surface area (Å²) < 4.78 is 15.8. The first-order valence-corrected chi connectivity index (χ1v) is 9.24. The molecule has 1 fully saturated rings. The van der Waals surface area contributed by atoms with Gasteiger partial charge in [-0.1, -0.05) is 29.3 Å². The van der Waals surface area contributed by atoms with Crippen molar-refractivity contribution >= 4 is 29.1 Å². The molecule has 1 saturated heterocycles. The lowest BCUT2D eigenvalue weighted by Gasteiger charge is -2.36. The minimum absolute atomic E-state index is 0.0167. The summed E-state index contributed by atoms with van der Waals surface area (Å²) in [5.74, 6) is -0.0167. The lowest BCUT2D eigenvalue weighted by atomic mass is 9.73. The lowest BCUT2D eigenvalue weighted by molar-refractivity contribution is -0.130. The van der Waals surface area contributed by atoms with Gasteiger partial charge in [-0.2, -0.15) is 0 Å². The smallest absolute Gasteiger partial charge is 0.230 e. The van der Waals surface area contributed by atoms with E-state index in [4.69, 9.17) is 37.4 Å². The molecule has 0 aromatic heterocycles. The third kappa shape index (κ3) is 5.56. The summed E-state index contributed by atoms with van der Waals surface area (Å²) in [4.78, 5) is 13.0. The second-order valence-corrected chi connectivity index (χ2v) is 6.88. The fraction of sp³-hybridized carbons (Fsp3) is 0.611. The molecule has 1 aromatic rings. The van der Waals surface area contributed by atoms with E-state index in [1.165, 1.54) is 0 Å². The zero-order chi connectivity index (χ0) is 18.1. The van der Waals surface area contributed by atoms with Gasteiger partial charge in [-0.3, -0.25) is 4.79 Å². The van der Waals surface area contributed by atoms with E-state index in [0.717, 1.165) is 12.0 Å². The van der Waals surface area contributed by atoms with Crippen molar-refractivity contribution in [2.75, 3.05) is 46.7 Å². The van der Waals surface area contributed by atoms with E-state index >= 15 is 0 Å². The van der Waals surface area contributed by atoms with Crippen LogP contribution >= 0.6 is 23.2 Å². The van der Waals surface area contributed by atoms with Crippen LogP contribution in [0.25, 0.3) is 0 Å². The Hall–Kier alpha value is -0.850. The quantitative estimate of drug-likeness (QED) is 0.658. The number of nitrogens with one attached hydrogen (secondary N) is 1. The average molecular weight is 390 g/mol. The molecule has 1 N–H and O–H groups in total. The molecule has 1 aromatic carbocycles. The van der Waals surface area contributed by atoms with E-state index in [2.05, 4.69) is 5.32 Å². The van der Waals surface area contributed by atoms with Crippen LogP contribution in [0.15, 0.2) is 18.2 Å². The number of amides is 1. The average Bonchev–Trinajstić information content (AvgIpc) is 2.61. The molecule has 1 aliphatic heterocycles. The highest BCUT2D eigenvalue weighted by Crippen LogP contribution is 2.39. The van der Waals surface area contributed by atoms with Gasteiger partial charge in [0.2, 0.25) is 5.91 Å². The summed E-state index contributed by atoms with van der Waals surface area (Å²) in [6, 6.07) is 5.31. The van der Waals surface area contributed by atoms with Crippen LogP contribution in [-0.4, -0.2) is 52.6 Å². The summed E-state index contributed by atoms with van der Waals surface area (Å²) in [5, 5.41) is 4.11. The molecule has 0 atom stereocenters. The summed E-state index contributed by atoms with van der Waals surface area (Å²) in [5.41, 5.74) is 0.146. The maximum absolute atomic E-state index is 13.0. The van der Waals surface area contributed by atoms with Crippen molar-refractivity contribution in [3.63, 3.8) is 0 Å². The first kappa shape index (κ1) is 20.5. The number of hydrogen-bond acceptors (Lipinski definition) is 4. The van der Waals surface area contributed by atoms with Crippen LogP contribution in [0.4, 0.5) is 0 Å². The number of ether oxygens (including phenoxy) is 3. The highest BCUT2D eigenvalue weighted by molar-refractivity contribution is 6.35. The number of rotatable bonds is 9. The molecule has 1 heterocycles. The van der Waals surface area contributed by atoms with Crippen molar-refractivity contribution in [3.05, 3.63) is 33.8 Å². The first-order valence-electron chi connectivity index (χ1n) is 8.48. The van der Waals surface area contributed by atoms with E-state index in [9.17, 15) is 4.79 Å². The van der Waals surface area contributed by atoms with Crippen LogP contribution in [0.2, 0.25) is 10.0 Å². The monoisotopic (exact) mass is 389 g/mol. The number of benzene rings is 1. The Bertz CT molecular complexity index is 562. The molecule has 0 bridgehead atoms. The van der Waals surface area contributed by atoms with E-state index in [0.29, 0.717) is 62.5 Å². The number of methoxy groups -OCH3 is 1. The van der Waals surface area contributed by atoms with Crippen LogP contribution in [-0.2, 0) is 24.4 Å². The lowest BCUT2D eigenvalue weighted by Crippen LogP contribution is -2.48.